The second kappa shape index (κ2) is 6.50. The molecule has 0 aliphatic heterocycles. The maximum Gasteiger partial charge on any atom is 0.118 e. The third kappa shape index (κ3) is 3.39. The fourth-order valence-electron chi connectivity index (χ4n) is 2.85. The molecule has 1 aliphatic rings. The Morgan fingerprint density at radius 2 is 1.81 bits per heavy atom. The zero-order chi connectivity index (χ0) is 14.7. The van der Waals surface area contributed by atoms with Gasteiger partial charge in [-0.2, -0.15) is 0 Å². The van der Waals surface area contributed by atoms with Crippen molar-refractivity contribution in [1.29, 1.82) is 0 Å². The standard InChI is InChI=1S/C18H20ClNO/c1-21-16-8-6-13(7-9-16)12-20-15-10-14(11-15)17-4-2-3-5-18(17)19/h2-9,14-15,20H,10-12H2,1H3. The monoisotopic (exact) mass is 301 g/mol. The summed E-state index contributed by atoms with van der Waals surface area (Å²) >= 11 is 6.25. The number of nitrogens with one attached hydrogen (secondary N) is 1. The highest BCUT2D eigenvalue weighted by Gasteiger charge is 2.30. The van der Waals surface area contributed by atoms with Gasteiger partial charge in [0.05, 0.1) is 7.11 Å². The number of hydrogen-bond acceptors (Lipinski definition) is 2. The van der Waals surface area contributed by atoms with Crippen LogP contribution in [0.15, 0.2) is 48.5 Å². The van der Waals surface area contributed by atoms with E-state index in [1.807, 2.05) is 24.3 Å². The van der Waals surface area contributed by atoms with E-state index >= 15 is 0 Å². The molecule has 0 heterocycles. The van der Waals surface area contributed by atoms with E-state index in [2.05, 4.69) is 29.6 Å². The van der Waals surface area contributed by atoms with E-state index in [9.17, 15) is 0 Å². The minimum Gasteiger partial charge on any atom is -0.497 e. The van der Waals surface area contributed by atoms with E-state index in [1.54, 1.807) is 7.11 Å². The predicted octanol–water partition coefficient (Wildman–Crippen LogP) is 4.38. The molecule has 0 unspecified atom stereocenters. The van der Waals surface area contributed by atoms with Crippen molar-refractivity contribution in [3.63, 3.8) is 0 Å². The minimum atomic E-state index is 0.591. The van der Waals surface area contributed by atoms with Gasteiger partial charge in [-0.05, 0) is 48.1 Å². The normalized spacial score (nSPS) is 20.9. The average molecular weight is 302 g/mol. The number of hydrogen-bond donors (Lipinski definition) is 1. The van der Waals surface area contributed by atoms with Crippen molar-refractivity contribution >= 4 is 11.6 Å². The zero-order valence-corrected chi connectivity index (χ0v) is 12.9. The zero-order valence-electron chi connectivity index (χ0n) is 12.2. The molecule has 1 fully saturated rings. The van der Waals surface area contributed by atoms with Gasteiger partial charge in [0, 0.05) is 17.6 Å². The predicted molar refractivity (Wildman–Crippen MR) is 87.0 cm³/mol. The van der Waals surface area contributed by atoms with Crippen LogP contribution in [0.25, 0.3) is 0 Å². The lowest BCUT2D eigenvalue weighted by atomic mass is 9.76. The summed E-state index contributed by atoms with van der Waals surface area (Å²) in [6, 6.07) is 17.0. The molecule has 3 rings (SSSR count). The van der Waals surface area contributed by atoms with Crippen LogP contribution in [0.3, 0.4) is 0 Å². The van der Waals surface area contributed by atoms with Gasteiger partial charge in [0.15, 0.2) is 0 Å². The Bertz CT molecular complexity index is 590. The van der Waals surface area contributed by atoms with Crippen LogP contribution >= 0.6 is 11.6 Å². The number of methoxy groups -OCH3 is 1. The van der Waals surface area contributed by atoms with E-state index in [0.717, 1.165) is 17.3 Å². The summed E-state index contributed by atoms with van der Waals surface area (Å²) in [6.07, 6.45) is 2.33. The van der Waals surface area contributed by atoms with Gasteiger partial charge >= 0.3 is 0 Å². The number of ether oxygens (including phenoxy) is 1. The molecular formula is C18H20ClNO. The molecule has 21 heavy (non-hydrogen) atoms. The largest absolute Gasteiger partial charge is 0.497 e. The van der Waals surface area contributed by atoms with Gasteiger partial charge in [-0.1, -0.05) is 41.9 Å². The lowest BCUT2D eigenvalue weighted by Gasteiger charge is -2.37. The number of rotatable bonds is 5. The molecule has 110 valence electrons. The highest BCUT2D eigenvalue weighted by atomic mass is 35.5. The summed E-state index contributed by atoms with van der Waals surface area (Å²) in [5.41, 5.74) is 2.58. The topological polar surface area (TPSA) is 21.3 Å². The Kier molecular flexibility index (Phi) is 4.47. The van der Waals surface area contributed by atoms with Crippen molar-refractivity contribution in [3.05, 3.63) is 64.7 Å². The van der Waals surface area contributed by atoms with Gasteiger partial charge in [-0.25, -0.2) is 0 Å². The Hall–Kier alpha value is -1.51. The molecule has 0 amide bonds. The van der Waals surface area contributed by atoms with Gasteiger partial charge in [-0.3, -0.25) is 0 Å². The van der Waals surface area contributed by atoms with E-state index in [4.69, 9.17) is 16.3 Å². The van der Waals surface area contributed by atoms with Crippen molar-refractivity contribution in [2.75, 3.05) is 7.11 Å². The smallest absolute Gasteiger partial charge is 0.118 e. The maximum absolute atomic E-state index is 6.25. The Labute approximate surface area is 131 Å². The maximum atomic E-state index is 6.25. The molecule has 0 saturated heterocycles. The summed E-state index contributed by atoms with van der Waals surface area (Å²) < 4.78 is 5.17. The average Bonchev–Trinajstić information content (AvgIpc) is 2.48. The van der Waals surface area contributed by atoms with Crippen LogP contribution in [0.1, 0.15) is 29.9 Å². The third-order valence-corrected chi connectivity index (χ3v) is 4.58. The quantitative estimate of drug-likeness (QED) is 0.884. The van der Waals surface area contributed by atoms with E-state index < -0.39 is 0 Å². The molecule has 0 bridgehead atoms. The second-order valence-corrected chi connectivity index (χ2v) is 6.02. The lowest BCUT2D eigenvalue weighted by molar-refractivity contribution is 0.289. The fraction of sp³-hybridized carbons (Fsp3) is 0.333. The fourth-order valence-corrected chi connectivity index (χ4v) is 3.14. The second-order valence-electron chi connectivity index (χ2n) is 5.62. The number of benzene rings is 2. The van der Waals surface area contributed by atoms with Gasteiger partial charge in [0.2, 0.25) is 0 Å². The van der Waals surface area contributed by atoms with Crippen molar-refractivity contribution in [2.24, 2.45) is 0 Å². The molecule has 2 aromatic carbocycles. The first kappa shape index (κ1) is 14.4. The molecular weight excluding hydrogens is 282 g/mol. The molecule has 0 spiro atoms. The van der Waals surface area contributed by atoms with Crippen LogP contribution in [-0.2, 0) is 6.54 Å². The van der Waals surface area contributed by atoms with Crippen molar-refractivity contribution in [3.8, 4) is 5.75 Å². The summed E-state index contributed by atoms with van der Waals surface area (Å²) in [7, 11) is 1.69. The molecule has 1 N–H and O–H groups in total. The van der Waals surface area contributed by atoms with Gasteiger partial charge in [-0.15, -0.1) is 0 Å². The molecule has 0 radical (unpaired) electrons. The first-order valence-electron chi connectivity index (χ1n) is 7.37. The highest BCUT2D eigenvalue weighted by Crippen LogP contribution is 2.39. The van der Waals surface area contributed by atoms with Crippen LogP contribution in [0, 0.1) is 0 Å². The van der Waals surface area contributed by atoms with Crippen molar-refractivity contribution in [1.82, 2.24) is 5.32 Å². The summed E-state index contributed by atoms with van der Waals surface area (Å²) in [4.78, 5) is 0. The Morgan fingerprint density at radius 1 is 1.10 bits per heavy atom. The Balaban J connectivity index is 1.48. The van der Waals surface area contributed by atoms with E-state index in [-0.39, 0.29) is 0 Å². The Morgan fingerprint density at radius 3 is 2.48 bits per heavy atom. The highest BCUT2D eigenvalue weighted by molar-refractivity contribution is 6.31. The molecule has 0 aromatic heterocycles. The molecule has 0 atom stereocenters. The molecule has 2 nitrogen and oxygen atoms in total. The molecule has 3 heteroatoms. The van der Waals surface area contributed by atoms with E-state index in [0.29, 0.717) is 12.0 Å². The summed E-state index contributed by atoms with van der Waals surface area (Å²) in [5.74, 6) is 1.51. The van der Waals surface area contributed by atoms with Crippen molar-refractivity contribution < 1.29 is 4.74 Å². The molecule has 1 saturated carbocycles. The van der Waals surface area contributed by atoms with Crippen LogP contribution in [0.4, 0.5) is 0 Å². The van der Waals surface area contributed by atoms with Crippen LogP contribution < -0.4 is 10.1 Å². The minimum absolute atomic E-state index is 0.591. The first-order valence-corrected chi connectivity index (χ1v) is 7.75. The van der Waals surface area contributed by atoms with Crippen LogP contribution in [0.5, 0.6) is 5.75 Å². The van der Waals surface area contributed by atoms with Crippen LogP contribution in [0.2, 0.25) is 5.02 Å². The number of halogens is 1. The summed E-state index contributed by atoms with van der Waals surface area (Å²) in [5, 5.41) is 4.51. The third-order valence-electron chi connectivity index (χ3n) is 4.24. The SMILES string of the molecule is COc1ccc(CNC2CC(c3ccccc3Cl)C2)cc1. The van der Waals surface area contributed by atoms with Crippen molar-refractivity contribution in [2.45, 2.75) is 31.3 Å². The van der Waals surface area contributed by atoms with Gasteiger partial charge in [0.25, 0.3) is 0 Å². The van der Waals surface area contributed by atoms with Gasteiger partial charge in [0.1, 0.15) is 5.75 Å². The first-order chi connectivity index (χ1) is 10.3. The molecule has 2 aromatic rings. The lowest BCUT2D eigenvalue weighted by Crippen LogP contribution is -2.39. The van der Waals surface area contributed by atoms with Crippen LogP contribution in [-0.4, -0.2) is 13.2 Å². The van der Waals surface area contributed by atoms with Gasteiger partial charge < -0.3 is 10.1 Å². The van der Waals surface area contributed by atoms with E-state index in [1.165, 1.54) is 24.0 Å². The summed E-state index contributed by atoms with van der Waals surface area (Å²) in [6.45, 7) is 0.907. The molecule has 1 aliphatic carbocycles.